The van der Waals surface area contributed by atoms with Crippen molar-refractivity contribution >= 4 is 22.7 Å². The molecule has 1 atom stereocenters. The number of benzene rings is 1. The lowest BCUT2D eigenvalue weighted by Crippen LogP contribution is -2.57. The molecule has 0 aliphatic carbocycles. The summed E-state index contributed by atoms with van der Waals surface area (Å²) in [6.45, 7) is 0.683. The Balaban J connectivity index is 1.99. The lowest BCUT2D eigenvalue weighted by Gasteiger charge is -2.34. The highest BCUT2D eigenvalue weighted by molar-refractivity contribution is 6.06. The molecule has 1 unspecified atom stereocenters. The molecule has 3 rings (SSSR count). The largest absolute Gasteiger partial charge is 0.396 e. The van der Waals surface area contributed by atoms with Gasteiger partial charge in [0.2, 0.25) is 5.91 Å². The highest BCUT2D eigenvalue weighted by Gasteiger charge is 2.34. The first-order valence-electron chi connectivity index (χ1n) is 7.24. The Labute approximate surface area is 127 Å². The van der Waals surface area contributed by atoms with Gasteiger partial charge in [0, 0.05) is 32.1 Å². The Kier molecular flexibility index (Phi) is 3.81. The number of nitrogens with one attached hydrogen (secondary N) is 1. The van der Waals surface area contributed by atoms with Crippen molar-refractivity contribution in [3.8, 4) is 0 Å². The molecule has 1 fully saturated rings. The quantitative estimate of drug-likeness (QED) is 0.828. The summed E-state index contributed by atoms with van der Waals surface area (Å²) in [7, 11) is 1.78. The zero-order valence-electron chi connectivity index (χ0n) is 12.3. The number of aryl methyl sites for hydroxylation is 1. The molecule has 22 heavy (non-hydrogen) atoms. The van der Waals surface area contributed by atoms with Crippen molar-refractivity contribution in [3.05, 3.63) is 30.0 Å². The fraction of sp³-hybridized carbons (Fsp3) is 0.400. The van der Waals surface area contributed by atoms with E-state index in [1.807, 2.05) is 24.3 Å². The number of aliphatic hydroxyl groups excluding tert-OH is 1. The second-order valence-electron chi connectivity index (χ2n) is 5.31. The topological polar surface area (TPSA) is 87.5 Å². The van der Waals surface area contributed by atoms with Gasteiger partial charge in [-0.15, -0.1) is 0 Å². The summed E-state index contributed by atoms with van der Waals surface area (Å²) in [6, 6.07) is 6.84. The van der Waals surface area contributed by atoms with E-state index in [1.165, 1.54) is 4.90 Å². The van der Waals surface area contributed by atoms with E-state index in [0.29, 0.717) is 18.8 Å². The van der Waals surface area contributed by atoms with Crippen LogP contribution in [0.2, 0.25) is 0 Å². The molecule has 116 valence electrons. The molecule has 0 bridgehead atoms. The molecule has 7 heteroatoms. The summed E-state index contributed by atoms with van der Waals surface area (Å²) in [5, 5.41) is 17.0. The maximum atomic E-state index is 12.8. The van der Waals surface area contributed by atoms with E-state index in [0.717, 1.165) is 10.9 Å². The van der Waals surface area contributed by atoms with Gasteiger partial charge < -0.3 is 15.3 Å². The first-order valence-corrected chi connectivity index (χ1v) is 7.24. The van der Waals surface area contributed by atoms with Crippen LogP contribution < -0.4 is 5.32 Å². The van der Waals surface area contributed by atoms with Gasteiger partial charge in [0.25, 0.3) is 5.91 Å². The van der Waals surface area contributed by atoms with E-state index >= 15 is 0 Å². The summed E-state index contributed by atoms with van der Waals surface area (Å²) in [5.41, 5.74) is 1.21. The van der Waals surface area contributed by atoms with Gasteiger partial charge in [0.05, 0.1) is 5.52 Å². The summed E-state index contributed by atoms with van der Waals surface area (Å²) < 4.78 is 1.66. The van der Waals surface area contributed by atoms with Crippen molar-refractivity contribution < 1.29 is 14.7 Å². The number of amides is 2. The van der Waals surface area contributed by atoms with Gasteiger partial charge in [-0.2, -0.15) is 5.10 Å². The minimum atomic E-state index is -0.646. The van der Waals surface area contributed by atoms with Crippen molar-refractivity contribution in [2.24, 2.45) is 7.05 Å². The molecule has 7 nitrogen and oxygen atoms in total. The number of piperazine rings is 1. The summed E-state index contributed by atoms with van der Waals surface area (Å²) >= 11 is 0. The molecule has 2 aromatic rings. The van der Waals surface area contributed by atoms with Crippen molar-refractivity contribution in [2.75, 3.05) is 19.7 Å². The number of carbonyl (C=O) groups excluding carboxylic acids is 2. The molecule has 0 radical (unpaired) electrons. The van der Waals surface area contributed by atoms with E-state index in [9.17, 15) is 9.59 Å². The lowest BCUT2D eigenvalue weighted by atomic mass is 10.1. The number of nitrogens with zero attached hydrogens (tertiary/aromatic N) is 3. The summed E-state index contributed by atoms with van der Waals surface area (Å²) in [5.74, 6) is -0.501. The first kappa shape index (κ1) is 14.5. The van der Waals surface area contributed by atoms with E-state index in [4.69, 9.17) is 5.11 Å². The Morgan fingerprint density at radius 2 is 2.23 bits per heavy atom. The number of fused-ring (bicyclic) bond motifs is 1. The molecule has 0 saturated carbocycles. The second-order valence-corrected chi connectivity index (χ2v) is 5.31. The maximum absolute atomic E-state index is 12.8. The van der Waals surface area contributed by atoms with Crippen LogP contribution in [0, 0.1) is 0 Å². The van der Waals surface area contributed by atoms with Crippen LogP contribution in [-0.4, -0.2) is 57.3 Å². The minimum absolute atomic E-state index is 0.148. The lowest BCUT2D eigenvalue weighted by molar-refractivity contribution is -0.128. The summed E-state index contributed by atoms with van der Waals surface area (Å²) in [4.78, 5) is 26.3. The van der Waals surface area contributed by atoms with Crippen LogP contribution in [0.1, 0.15) is 16.9 Å². The van der Waals surface area contributed by atoms with Gasteiger partial charge in [-0.1, -0.05) is 18.2 Å². The minimum Gasteiger partial charge on any atom is -0.396 e. The van der Waals surface area contributed by atoms with Crippen molar-refractivity contribution in [2.45, 2.75) is 12.5 Å². The number of aliphatic hydroxyl groups is 1. The van der Waals surface area contributed by atoms with Gasteiger partial charge in [0.15, 0.2) is 5.69 Å². The normalized spacial score (nSPS) is 18.5. The molecule has 1 aromatic heterocycles. The number of aromatic nitrogens is 2. The van der Waals surface area contributed by atoms with Crippen LogP contribution in [0.5, 0.6) is 0 Å². The van der Waals surface area contributed by atoms with Crippen molar-refractivity contribution in [1.82, 2.24) is 20.0 Å². The molecule has 2 N–H and O–H groups in total. The predicted molar refractivity (Wildman–Crippen MR) is 80.3 cm³/mol. The van der Waals surface area contributed by atoms with Gasteiger partial charge in [0.1, 0.15) is 6.04 Å². The van der Waals surface area contributed by atoms with Gasteiger partial charge in [-0.3, -0.25) is 14.3 Å². The SMILES string of the molecule is Cn1nc(C(=O)N2CCNC(=O)C2CCO)c2ccccc21. The first-order chi connectivity index (χ1) is 10.6. The molecule has 1 aliphatic rings. The zero-order chi connectivity index (χ0) is 15.7. The Hall–Kier alpha value is -2.41. The number of para-hydroxylation sites is 1. The third-order valence-electron chi connectivity index (χ3n) is 3.95. The fourth-order valence-corrected chi connectivity index (χ4v) is 2.87. The Morgan fingerprint density at radius 3 is 3.00 bits per heavy atom. The van der Waals surface area contributed by atoms with Crippen LogP contribution in [0.4, 0.5) is 0 Å². The van der Waals surface area contributed by atoms with Crippen LogP contribution in [0.25, 0.3) is 10.9 Å². The molecular formula is C15H18N4O3. The zero-order valence-corrected chi connectivity index (χ0v) is 12.3. The van der Waals surface area contributed by atoms with Gasteiger partial charge >= 0.3 is 0 Å². The maximum Gasteiger partial charge on any atom is 0.275 e. The number of hydrogen-bond donors (Lipinski definition) is 2. The fourth-order valence-electron chi connectivity index (χ4n) is 2.87. The van der Waals surface area contributed by atoms with E-state index < -0.39 is 6.04 Å². The van der Waals surface area contributed by atoms with E-state index in [-0.39, 0.29) is 24.8 Å². The highest BCUT2D eigenvalue weighted by Crippen LogP contribution is 2.21. The van der Waals surface area contributed by atoms with Crippen molar-refractivity contribution in [1.29, 1.82) is 0 Å². The molecule has 1 saturated heterocycles. The summed E-state index contributed by atoms with van der Waals surface area (Å²) in [6.07, 6.45) is 0.225. The van der Waals surface area contributed by atoms with Gasteiger partial charge in [-0.25, -0.2) is 0 Å². The molecule has 2 amide bonds. The third kappa shape index (κ3) is 2.33. The molecule has 1 aliphatic heterocycles. The van der Waals surface area contributed by atoms with E-state index in [2.05, 4.69) is 10.4 Å². The molecular weight excluding hydrogens is 284 g/mol. The number of carbonyl (C=O) groups is 2. The number of rotatable bonds is 3. The van der Waals surface area contributed by atoms with Crippen LogP contribution >= 0.6 is 0 Å². The van der Waals surface area contributed by atoms with Crippen LogP contribution in [0.3, 0.4) is 0 Å². The standard InChI is InChI=1S/C15H18N4O3/c1-18-11-5-3-2-4-10(11)13(17-18)15(22)19-8-7-16-14(21)12(19)6-9-20/h2-5,12,20H,6-9H2,1H3,(H,16,21). The average molecular weight is 302 g/mol. The smallest absolute Gasteiger partial charge is 0.275 e. The molecule has 2 heterocycles. The van der Waals surface area contributed by atoms with Crippen molar-refractivity contribution in [3.63, 3.8) is 0 Å². The monoisotopic (exact) mass is 302 g/mol. The van der Waals surface area contributed by atoms with E-state index in [1.54, 1.807) is 11.7 Å². The number of hydrogen-bond acceptors (Lipinski definition) is 4. The Bertz CT molecular complexity index is 725. The molecule has 0 spiro atoms. The highest BCUT2D eigenvalue weighted by atomic mass is 16.3. The Morgan fingerprint density at radius 1 is 1.45 bits per heavy atom. The predicted octanol–water partition coefficient (Wildman–Crippen LogP) is -0.104. The molecule has 1 aromatic carbocycles. The van der Waals surface area contributed by atoms with Crippen LogP contribution in [-0.2, 0) is 11.8 Å². The second kappa shape index (κ2) is 5.76. The van der Waals surface area contributed by atoms with Crippen LogP contribution in [0.15, 0.2) is 24.3 Å². The average Bonchev–Trinajstić information content (AvgIpc) is 2.86. The third-order valence-corrected chi connectivity index (χ3v) is 3.95. The van der Waals surface area contributed by atoms with Gasteiger partial charge in [-0.05, 0) is 12.5 Å².